The Kier molecular flexibility index (Phi) is 10.6. The summed E-state index contributed by atoms with van der Waals surface area (Å²) in [7, 11) is -9.77. The maximum absolute atomic E-state index is 13.9. The summed E-state index contributed by atoms with van der Waals surface area (Å²) in [5.41, 5.74) is -1.30. The predicted molar refractivity (Wildman–Crippen MR) is 162 cm³/mol. The van der Waals surface area contributed by atoms with Crippen LogP contribution >= 0.6 is 0 Å². The molecule has 45 heavy (non-hydrogen) atoms. The van der Waals surface area contributed by atoms with E-state index in [9.17, 15) is 35.2 Å². The Hall–Kier alpha value is -2.16. The molecule has 1 aromatic carbocycles. The fourth-order valence-electron chi connectivity index (χ4n) is 6.85. The smallest absolute Gasteiger partial charge is 0.405 e. The third-order valence-corrected chi connectivity index (χ3v) is 12.3. The average Bonchev–Trinajstić information content (AvgIpc) is 2.94. The van der Waals surface area contributed by atoms with Crippen LogP contribution in [-0.2, 0) is 39.3 Å². The fourth-order valence-corrected chi connectivity index (χ4v) is 7.80. The largest absolute Gasteiger partial charge is 0.458 e. The van der Waals surface area contributed by atoms with Crippen LogP contribution in [0.2, 0.25) is 0 Å². The van der Waals surface area contributed by atoms with E-state index in [-0.39, 0.29) is 28.6 Å². The molecule has 4 unspecified atom stereocenters. The van der Waals surface area contributed by atoms with Crippen molar-refractivity contribution in [1.29, 1.82) is 0 Å². The molecule has 0 amide bonds. The lowest BCUT2D eigenvalue weighted by molar-refractivity contribution is -0.233. The second-order valence-electron chi connectivity index (χ2n) is 13.9. The molecule has 1 aromatic rings. The first-order valence-electron chi connectivity index (χ1n) is 15.3. The van der Waals surface area contributed by atoms with Crippen molar-refractivity contribution < 1.29 is 53.8 Å². The Morgan fingerprint density at radius 3 is 1.91 bits per heavy atom. The van der Waals surface area contributed by atoms with E-state index in [2.05, 4.69) is 13.8 Å². The summed E-state index contributed by atoms with van der Waals surface area (Å²) in [6.07, 6.45) is 2.00. The lowest BCUT2D eigenvalue weighted by Crippen LogP contribution is -2.64. The number of hydrogen-bond donors (Lipinski definition) is 2. The van der Waals surface area contributed by atoms with Crippen LogP contribution in [0.25, 0.3) is 0 Å². The molecule has 2 N–H and O–H groups in total. The van der Waals surface area contributed by atoms with Gasteiger partial charge in [-0.1, -0.05) is 32.9 Å². The van der Waals surface area contributed by atoms with E-state index >= 15 is 0 Å². The summed E-state index contributed by atoms with van der Waals surface area (Å²) in [5.74, 6) is -0.785. The number of benzene rings is 1. The maximum atomic E-state index is 13.9. The van der Waals surface area contributed by atoms with E-state index in [4.69, 9.17) is 18.6 Å². The highest BCUT2D eigenvalue weighted by Gasteiger charge is 2.66. The number of esters is 2. The Bertz CT molecular complexity index is 1460. The van der Waals surface area contributed by atoms with Crippen molar-refractivity contribution in [3.63, 3.8) is 0 Å². The van der Waals surface area contributed by atoms with Crippen molar-refractivity contribution in [1.82, 2.24) is 0 Å². The third-order valence-electron chi connectivity index (χ3n) is 10.5. The Morgan fingerprint density at radius 2 is 1.49 bits per heavy atom. The van der Waals surface area contributed by atoms with Gasteiger partial charge in [0.15, 0.2) is 6.10 Å². The monoisotopic (exact) mass is 680 g/mol. The first-order valence-corrected chi connectivity index (χ1v) is 18.2. The van der Waals surface area contributed by atoms with Crippen molar-refractivity contribution in [2.45, 2.75) is 121 Å². The Morgan fingerprint density at radius 1 is 0.978 bits per heavy atom. The van der Waals surface area contributed by atoms with Crippen LogP contribution in [0.3, 0.4) is 0 Å². The van der Waals surface area contributed by atoms with Crippen molar-refractivity contribution in [3.8, 4) is 0 Å². The third kappa shape index (κ3) is 7.54. The van der Waals surface area contributed by atoms with E-state index in [0.717, 1.165) is 31.7 Å². The highest BCUT2D eigenvalue weighted by molar-refractivity contribution is 7.87. The zero-order valence-electron chi connectivity index (χ0n) is 26.9. The molecule has 0 saturated heterocycles. The molecule has 4 saturated carbocycles. The standard InChI is InChI=1S/C21H32F2O7S.C10H14O3S/c1-6-18(3,4)16(24)30-19(5)14-7-13-8-15(19)11-20(9-13,10-14)17(25)29-12(2)21(22,23)31(26,27)28;1-3-8(2)9-4-6-10(7-5-9)14(11,12)13/h12-15H,6-11H2,1-5H3,(H,26,27,28);4-8H,3H2,1-2H3,(H,11,12,13). The van der Waals surface area contributed by atoms with E-state index in [1.807, 2.05) is 27.7 Å². The molecular formula is C31H46F2O10S2. The molecule has 0 radical (unpaired) electrons. The molecule has 4 bridgehead atoms. The molecule has 4 fully saturated rings. The normalized spacial score (nSPS) is 29.3. The number of rotatable bonds is 10. The molecule has 0 spiro atoms. The molecule has 4 aliphatic rings. The molecular weight excluding hydrogens is 634 g/mol. The van der Waals surface area contributed by atoms with Crippen LogP contribution in [0.4, 0.5) is 8.78 Å². The molecule has 4 aliphatic carbocycles. The van der Waals surface area contributed by atoms with Gasteiger partial charge in [0, 0.05) is 11.8 Å². The summed E-state index contributed by atoms with van der Waals surface area (Å²) >= 11 is 0. The fraction of sp³-hybridized carbons (Fsp3) is 0.742. The van der Waals surface area contributed by atoms with E-state index < -0.39 is 54.0 Å². The van der Waals surface area contributed by atoms with Gasteiger partial charge in [-0.05, 0) is 102 Å². The van der Waals surface area contributed by atoms with E-state index in [1.54, 1.807) is 12.1 Å². The van der Waals surface area contributed by atoms with E-state index in [0.29, 0.717) is 31.6 Å². The number of carbonyl (C=O) groups excluding carboxylic acids is 2. The number of hydrogen-bond acceptors (Lipinski definition) is 8. The average molecular weight is 681 g/mol. The summed E-state index contributed by atoms with van der Waals surface area (Å²) in [4.78, 5) is 25.7. The number of alkyl halides is 2. The molecule has 0 aromatic heterocycles. The minimum atomic E-state index is -5.72. The number of ether oxygens (including phenoxy) is 2. The lowest BCUT2D eigenvalue weighted by Gasteiger charge is -2.62. The van der Waals surface area contributed by atoms with E-state index in [1.165, 1.54) is 12.1 Å². The van der Waals surface area contributed by atoms with Crippen LogP contribution in [-0.4, -0.2) is 54.8 Å². The molecule has 14 heteroatoms. The van der Waals surface area contributed by atoms with Crippen LogP contribution in [0.5, 0.6) is 0 Å². The summed E-state index contributed by atoms with van der Waals surface area (Å²) in [6.45, 7) is 12.4. The van der Waals surface area contributed by atoms with Gasteiger partial charge in [0.25, 0.3) is 10.1 Å². The van der Waals surface area contributed by atoms with Crippen LogP contribution in [0, 0.1) is 28.6 Å². The number of carbonyl (C=O) groups is 2. The highest BCUT2D eigenvalue weighted by atomic mass is 32.2. The minimum absolute atomic E-state index is 0.0513. The van der Waals surface area contributed by atoms with Crippen molar-refractivity contribution in [3.05, 3.63) is 29.8 Å². The summed E-state index contributed by atoms with van der Waals surface area (Å²) in [6, 6.07) is 6.32. The van der Waals surface area contributed by atoms with Gasteiger partial charge in [0.1, 0.15) is 5.60 Å². The zero-order chi connectivity index (χ0) is 34.4. The van der Waals surface area contributed by atoms with Gasteiger partial charge in [0.05, 0.1) is 15.7 Å². The van der Waals surface area contributed by atoms with Gasteiger partial charge in [-0.25, -0.2) is 0 Å². The predicted octanol–water partition coefficient (Wildman–Crippen LogP) is 6.41. The number of halogens is 2. The van der Waals surface area contributed by atoms with Crippen LogP contribution in [0.1, 0.15) is 105 Å². The summed E-state index contributed by atoms with van der Waals surface area (Å²) < 4.78 is 99.7. The minimum Gasteiger partial charge on any atom is -0.458 e. The van der Waals surface area contributed by atoms with Crippen molar-refractivity contribution in [2.75, 3.05) is 0 Å². The first kappa shape index (κ1) is 37.3. The molecule has 10 nitrogen and oxygen atoms in total. The second-order valence-corrected chi connectivity index (χ2v) is 16.8. The SMILES string of the molecule is CCC(C)(C)C(=O)OC1(C)C2CC3CC1CC(C(=O)OC(C)C(F)(F)S(=O)(=O)O)(C3)C2.CCC(C)c1ccc(S(=O)(=O)O)cc1. The lowest BCUT2D eigenvalue weighted by atomic mass is 9.45. The second kappa shape index (κ2) is 12.8. The Labute approximate surface area is 265 Å². The quantitative estimate of drug-likeness (QED) is 0.209. The van der Waals surface area contributed by atoms with Crippen molar-refractivity contribution in [2.24, 2.45) is 28.6 Å². The highest BCUT2D eigenvalue weighted by Crippen LogP contribution is 2.65. The molecule has 256 valence electrons. The molecule has 5 rings (SSSR count). The zero-order valence-corrected chi connectivity index (χ0v) is 28.5. The van der Waals surface area contributed by atoms with Gasteiger partial charge < -0.3 is 9.47 Å². The molecule has 4 atom stereocenters. The summed E-state index contributed by atoms with van der Waals surface area (Å²) in [5, 5.41) is -4.60. The van der Waals surface area contributed by atoms with Gasteiger partial charge in [0.2, 0.25) is 0 Å². The van der Waals surface area contributed by atoms with Crippen molar-refractivity contribution >= 4 is 32.2 Å². The molecule has 0 heterocycles. The topological polar surface area (TPSA) is 161 Å². The Balaban J connectivity index is 0.000000330. The van der Waals surface area contributed by atoms with Crippen LogP contribution in [0.15, 0.2) is 29.2 Å². The van der Waals surface area contributed by atoms with Crippen LogP contribution < -0.4 is 0 Å². The van der Waals surface area contributed by atoms with Gasteiger partial charge in [-0.3, -0.25) is 18.7 Å². The van der Waals surface area contributed by atoms with Gasteiger partial charge >= 0.3 is 27.3 Å². The van der Waals surface area contributed by atoms with Gasteiger partial charge in [-0.2, -0.15) is 25.6 Å². The molecule has 0 aliphatic heterocycles. The first-order chi connectivity index (χ1) is 20.4. The maximum Gasteiger partial charge on any atom is 0.405 e. The van der Waals surface area contributed by atoms with Gasteiger partial charge in [-0.15, -0.1) is 0 Å².